The molecule has 1 radical (unpaired) electrons. The highest BCUT2D eigenvalue weighted by Gasteiger charge is 2.53. The Morgan fingerprint density at radius 3 is 2.08 bits per heavy atom. The van der Waals surface area contributed by atoms with E-state index in [9.17, 15) is 0 Å². The SMILES string of the molecule is CC12C[C]3CC(C1)CC(C)(C3)C2. The highest BCUT2D eigenvalue weighted by atomic mass is 14.6. The van der Waals surface area contributed by atoms with Gasteiger partial charge in [-0.05, 0) is 61.2 Å². The van der Waals surface area contributed by atoms with Crippen LogP contribution in [-0.2, 0) is 0 Å². The fraction of sp³-hybridized carbons (Fsp3) is 0.917. The Labute approximate surface area is 75.7 Å². The van der Waals surface area contributed by atoms with Crippen LogP contribution in [0.5, 0.6) is 0 Å². The lowest BCUT2D eigenvalue weighted by Crippen LogP contribution is -2.48. The van der Waals surface area contributed by atoms with Gasteiger partial charge in [-0.25, -0.2) is 0 Å². The Bertz CT molecular complexity index is 182. The fourth-order valence-corrected chi connectivity index (χ4v) is 4.88. The molecule has 4 fully saturated rings. The average Bonchev–Trinajstić information content (AvgIpc) is 1.75. The minimum atomic E-state index is 0.726. The molecule has 67 valence electrons. The van der Waals surface area contributed by atoms with E-state index < -0.39 is 0 Å². The van der Waals surface area contributed by atoms with Gasteiger partial charge in [0, 0.05) is 0 Å². The molecule has 0 aromatic carbocycles. The fourth-order valence-electron chi connectivity index (χ4n) is 4.88. The van der Waals surface area contributed by atoms with E-state index in [1.54, 1.807) is 0 Å². The molecule has 0 heteroatoms. The Hall–Kier alpha value is 0. The summed E-state index contributed by atoms with van der Waals surface area (Å²) in [6.07, 6.45) is 9.02. The normalized spacial score (nSPS) is 58.0. The summed E-state index contributed by atoms with van der Waals surface area (Å²) in [6, 6.07) is 0. The first kappa shape index (κ1) is 7.41. The molecule has 0 N–H and O–H groups in total. The maximum atomic E-state index is 2.52. The van der Waals surface area contributed by atoms with Crippen molar-refractivity contribution >= 4 is 0 Å². The van der Waals surface area contributed by atoms with Crippen LogP contribution in [0.25, 0.3) is 0 Å². The van der Waals surface area contributed by atoms with E-state index in [0.29, 0.717) is 0 Å². The second kappa shape index (κ2) is 1.91. The summed E-state index contributed by atoms with van der Waals surface area (Å²) >= 11 is 0. The van der Waals surface area contributed by atoms with E-state index in [0.717, 1.165) is 16.7 Å². The highest BCUT2D eigenvalue weighted by Crippen LogP contribution is 2.65. The lowest BCUT2D eigenvalue weighted by Gasteiger charge is -2.60. The molecule has 0 aromatic rings. The number of hydrogen-bond donors (Lipinski definition) is 0. The Morgan fingerprint density at radius 2 is 1.67 bits per heavy atom. The van der Waals surface area contributed by atoms with Crippen LogP contribution in [0.1, 0.15) is 52.4 Å². The quantitative estimate of drug-likeness (QED) is 0.512. The number of rotatable bonds is 0. The van der Waals surface area contributed by atoms with Crippen molar-refractivity contribution in [3.8, 4) is 0 Å². The molecule has 0 amide bonds. The van der Waals surface area contributed by atoms with E-state index in [1.807, 2.05) is 5.92 Å². The Balaban J connectivity index is 1.98. The van der Waals surface area contributed by atoms with Gasteiger partial charge in [0.1, 0.15) is 0 Å². The summed E-state index contributed by atoms with van der Waals surface area (Å²) in [5.41, 5.74) is 1.45. The van der Waals surface area contributed by atoms with Gasteiger partial charge in [0.25, 0.3) is 0 Å². The molecule has 4 aliphatic rings. The lowest BCUT2D eigenvalue weighted by atomic mass is 9.45. The zero-order valence-electron chi connectivity index (χ0n) is 8.32. The third kappa shape index (κ3) is 0.900. The van der Waals surface area contributed by atoms with Crippen molar-refractivity contribution in [1.82, 2.24) is 0 Å². The summed E-state index contributed by atoms with van der Waals surface area (Å²) in [5, 5.41) is 0. The predicted octanol–water partition coefficient (Wildman–Crippen LogP) is 3.57. The first-order valence-electron chi connectivity index (χ1n) is 5.41. The van der Waals surface area contributed by atoms with Crippen LogP contribution in [0.15, 0.2) is 0 Å². The summed E-state index contributed by atoms with van der Waals surface area (Å²) in [4.78, 5) is 0. The molecule has 4 saturated carbocycles. The second-order valence-electron chi connectivity index (χ2n) is 6.38. The van der Waals surface area contributed by atoms with E-state index in [4.69, 9.17) is 0 Å². The van der Waals surface area contributed by atoms with E-state index >= 15 is 0 Å². The summed E-state index contributed by atoms with van der Waals surface area (Å²) in [5.74, 6) is 2.99. The van der Waals surface area contributed by atoms with Gasteiger partial charge in [0.15, 0.2) is 0 Å². The molecule has 0 aromatic heterocycles. The van der Waals surface area contributed by atoms with Crippen LogP contribution in [0.4, 0.5) is 0 Å². The number of hydrogen-bond acceptors (Lipinski definition) is 0. The van der Waals surface area contributed by atoms with Crippen molar-refractivity contribution in [1.29, 1.82) is 0 Å². The van der Waals surface area contributed by atoms with Crippen LogP contribution in [0.3, 0.4) is 0 Å². The van der Waals surface area contributed by atoms with Gasteiger partial charge >= 0.3 is 0 Å². The van der Waals surface area contributed by atoms with Gasteiger partial charge in [0.05, 0.1) is 0 Å². The van der Waals surface area contributed by atoms with E-state index in [-0.39, 0.29) is 0 Å². The molecule has 0 nitrogen and oxygen atoms in total. The molecule has 4 bridgehead atoms. The van der Waals surface area contributed by atoms with Gasteiger partial charge in [-0.1, -0.05) is 13.8 Å². The van der Waals surface area contributed by atoms with Crippen molar-refractivity contribution in [3.05, 3.63) is 5.92 Å². The zero-order valence-corrected chi connectivity index (χ0v) is 8.32. The van der Waals surface area contributed by atoms with E-state index in [1.165, 1.54) is 38.5 Å². The minimum absolute atomic E-state index is 0.726. The first-order chi connectivity index (χ1) is 5.57. The Kier molecular flexibility index (Phi) is 1.18. The van der Waals surface area contributed by atoms with Crippen molar-refractivity contribution in [3.63, 3.8) is 0 Å². The summed E-state index contributed by atoms with van der Waals surface area (Å²) in [7, 11) is 0. The van der Waals surface area contributed by atoms with Gasteiger partial charge < -0.3 is 0 Å². The van der Waals surface area contributed by atoms with Crippen molar-refractivity contribution in [2.75, 3.05) is 0 Å². The largest absolute Gasteiger partial charge is 0.0596 e. The average molecular weight is 163 g/mol. The topological polar surface area (TPSA) is 0 Å². The van der Waals surface area contributed by atoms with Gasteiger partial charge in [-0.2, -0.15) is 0 Å². The van der Waals surface area contributed by atoms with E-state index in [2.05, 4.69) is 13.8 Å². The molecule has 0 aliphatic heterocycles. The van der Waals surface area contributed by atoms with Crippen molar-refractivity contribution < 1.29 is 0 Å². The second-order valence-corrected chi connectivity index (χ2v) is 6.38. The molecule has 4 rings (SSSR count). The monoisotopic (exact) mass is 163 g/mol. The molecule has 0 saturated heterocycles. The summed E-state index contributed by atoms with van der Waals surface area (Å²) < 4.78 is 0. The van der Waals surface area contributed by atoms with Crippen molar-refractivity contribution in [2.45, 2.75) is 52.4 Å². The zero-order chi connectivity index (χ0) is 8.40. The molecule has 12 heavy (non-hydrogen) atoms. The maximum Gasteiger partial charge on any atom is -0.0227 e. The van der Waals surface area contributed by atoms with Gasteiger partial charge in [-0.3, -0.25) is 0 Å². The van der Waals surface area contributed by atoms with Crippen molar-refractivity contribution in [2.24, 2.45) is 16.7 Å². The van der Waals surface area contributed by atoms with Crippen LogP contribution < -0.4 is 0 Å². The Morgan fingerprint density at radius 1 is 1.08 bits per heavy atom. The van der Waals surface area contributed by atoms with Crippen LogP contribution in [0, 0.1) is 22.7 Å². The molecule has 2 unspecified atom stereocenters. The van der Waals surface area contributed by atoms with Gasteiger partial charge in [-0.15, -0.1) is 0 Å². The first-order valence-corrected chi connectivity index (χ1v) is 5.41. The van der Waals surface area contributed by atoms with Crippen LogP contribution >= 0.6 is 0 Å². The molecule has 4 aliphatic carbocycles. The summed E-state index contributed by atoms with van der Waals surface area (Å²) in [6.45, 7) is 5.05. The predicted molar refractivity (Wildman–Crippen MR) is 50.6 cm³/mol. The highest BCUT2D eigenvalue weighted by molar-refractivity contribution is 5.16. The van der Waals surface area contributed by atoms with Gasteiger partial charge in [0.2, 0.25) is 0 Å². The minimum Gasteiger partial charge on any atom is -0.0596 e. The lowest BCUT2D eigenvalue weighted by molar-refractivity contribution is -0.0372. The molecule has 0 heterocycles. The molecule has 2 atom stereocenters. The molecular weight excluding hydrogens is 144 g/mol. The maximum absolute atomic E-state index is 2.52. The third-order valence-electron chi connectivity index (χ3n) is 4.35. The molecule has 0 spiro atoms. The smallest absolute Gasteiger partial charge is 0.0227 e. The third-order valence-corrected chi connectivity index (χ3v) is 4.35. The molecular formula is C12H19. The standard InChI is InChI=1S/C12H19/c1-11-4-9-3-10(5-11)7-12(2,6-9)8-11/h9H,3-8H2,1-2H3. The van der Waals surface area contributed by atoms with Crippen LogP contribution in [-0.4, -0.2) is 0 Å². The van der Waals surface area contributed by atoms with Crippen LogP contribution in [0.2, 0.25) is 0 Å².